The van der Waals surface area contributed by atoms with Crippen LogP contribution in [-0.2, 0) is 0 Å². The quantitative estimate of drug-likeness (QED) is 0.876. The number of nitrogens with zero attached hydrogens (tertiary/aromatic N) is 1. The predicted octanol–water partition coefficient (Wildman–Crippen LogP) is 2.80. The Morgan fingerprint density at radius 2 is 2.06 bits per heavy atom. The summed E-state index contributed by atoms with van der Waals surface area (Å²) in [5.41, 5.74) is 6.77. The topological polar surface area (TPSA) is 72.2 Å². The molecule has 2 rings (SSSR count). The van der Waals surface area contributed by atoms with Gasteiger partial charge in [0.1, 0.15) is 23.1 Å². The van der Waals surface area contributed by atoms with Gasteiger partial charge in [-0.15, -0.1) is 0 Å². The zero-order valence-corrected chi connectivity index (χ0v) is 9.43. The largest absolute Gasteiger partial charge is 0.494 e. The van der Waals surface area contributed by atoms with Crippen LogP contribution in [0.25, 0.3) is 11.3 Å². The molecule has 1 aromatic carbocycles. The summed E-state index contributed by atoms with van der Waals surface area (Å²) in [5, 5.41) is 8.78. The summed E-state index contributed by atoms with van der Waals surface area (Å²) in [7, 11) is 0. The number of hydrogen-bond acceptors (Lipinski definition) is 4. The lowest BCUT2D eigenvalue weighted by atomic mass is 10.1. The summed E-state index contributed by atoms with van der Waals surface area (Å²) < 4.78 is 10.6. The van der Waals surface area contributed by atoms with Crippen LogP contribution in [0, 0.1) is 11.3 Å². The third-order valence-electron chi connectivity index (χ3n) is 2.33. The molecule has 0 radical (unpaired) electrons. The molecule has 17 heavy (non-hydrogen) atoms. The van der Waals surface area contributed by atoms with Gasteiger partial charge in [0.2, 0.25) is 5.88 Å². The van der Waals surface area contributed by atoms with E-state index in [0.717, 1.165) is 11.3 Å². The number of rotatable bonds is 3. The number of benzene rings is 1. The highest BCUT2D eigenvalue weighted by molar-refractivity contribution is 5.64. The van der Waals surface area contributed by atoms with Crippen LogP contribution in [0.3, 0.4) is 0 Å². The molecule has 0 atom stereocenters. The van der Waals surface area contributed by atoms with Crippen LogP contribution < -0.4 is 10.5 Å². The molecule has 2 aromatic rings. The average Bonchev–Trinajstić information content (AvgIpc) is 2.72. The zero-order valence-electron chi connectivity index (χ0n) is 9.43. The lowest BCUT2D eigenvalue weighted by Crippen LogP contribution is -1.90. The second-order valence-corrected chi connectivity index (χ2v) is 3.46. The smallest absolute Gasteiger partial charge is 0.208 e. The normalized spacial score (nSPS) is 9.88. The molecule has 0 saturated heterocycles. The average molecular weight is 228 g/mol. The molecule has 0 amide bonds. The summed E-state index contributed by atoms with van der Waals surface area (Å²) in [4.78, 5) is 0. The van der Waals surface area contributed by atoms with Crippen molar-refractivity contribution in [1.29, 1.82) is 5.26 Å². The molecule has 2 N–H and O–H groups in total. The van der Waals surface area contributed by atoms with Gasteiger partial charge < -0.3 is 14.9 Å². The Morgan fingerprint density at radius 3 is 2.59 bits per heavy atom. The van der Waals surface area contributed by atoms with Crippen molar-refractivity contribution < 1.29 is 9.15 Å². The van der Waals surface area contributed by atoms with E-state index in [1.165, 1.54) is 0 Å². The molecule has 0 aliphatic carbocycles. The van der Waals surface area contributed by atoms with Gasteiger partial charge in [0.15, 0.2) is 0 Å². The summed E-state index contributed by atoms with van der Waals surface area (Å²) in [5.74, 6) is 1.54. The van der Waals surface area contributed by atoms with E-state index in [9.17, 15) is 0 Å². The fourth-order valence-electron chi connectivity index (χ4n) is 1.52. The highest BCUT2D eigenvalue weighted by Crippen LogP contribution is 2.28. The minimum absolute atomic E-state index is 0.149. The van der Waals surface area contributed by atoms with Gasteiger partial charge in [0, 0.05) is 11.6 Å². The van der Waals surface area contributed by atoms with Gasteiger partial charge in [-0.1, -0.05) is 0 Å². The van der Waals surface area contributed by atoms with Crippen molar-refractivity contribution >= 4 is 5.88 Å². The number of furan rings is 1. The predicted molar refractivity (Wildman–Crippen MR) is 64.4 cm³/mol. The summed E-state index contributed by atoms with van der Waals surface area (Å²) in [6.07, 6.45) is 0. The van der Waals surface area contributed by atoms with E-state index in [1.54, 1.807) is 6.07 Å². The van der Waals surface area contributed by atoms with E-state index in [1.807, 2.05) is 37.3 Å². The number of nitriles is 1. The van der Waals surface area contributed by atoms with Gasteiger partial charge in [-0.2, -0.15) is 5.26 Å². The molecule has 0 bridgehead atoms. The van der Waals surface area contributed by atoms with Crippen LogP contribution in [-0.4, -0.2) is 6.61 Å². The monoisotopic (exact) mass is 228 g/mol. The highest BCUT2D eigenvalue weighted by atomic mass is 16.5. The van der Waals surface area contributed by atoms with Crippen LogP contribution in [0.15, 0.2) is 34.7 Å². The lowest BCUT2D eigenvalue weighted by molar-refractivity contribution is 0.340. The number of nitrogen functional groups attached to an aromatic ring is 1. The van der Waals surface area contributed by atoms with E-state index in [2.05, 4.69) is 0 Å². The van der Waals surface area contributed by atoms with Crippen molar-refractivity contribution in [2.24, 2.45) is 0 Å². The Hall–Kier alpha value is -2.41. The Labute approximate surface area is 99.2 Å². The first kappa shape index (κ1) is 11.1. The van der Waals surface area contributed by atoms with Crippen molar-refractivity contribution in [3.8, 4) is 23.1 Å². The molecule has 0 spiro atoms. The second-order valence-electron chi connectivity index (χ2n) is 3.46. The van der Waals surface area contributed by atoms with Crippen molar-refractivity contribution in [3.63, 3.8) is 0 Å². The molecule has 0 unspecified atom stereocenters. The number of hydrogen-bond donors (Lipinski definition) is 1. The van der Waals surface area contributed by atoms with Crippen molar-refractivity contribution in [1.82, 2.24) is 0 Å². The van der Waals surface area contributed by atoms with E-state index >= 15 is 0 Å². The minimum Gasteiger partial charge on any atom is -0.494 e. The Balaban J connectivity index is 2.30. The standard InChI is InChI=1S/C13H12N2O2/c1-2-16-11-5-3-9(4-6-11)12-7-10(8-14)13(15)17-12/h3-7H,2,15H2,1H3. The molecule has 0 aliphatic heterocycles. The maximum absolute atomic E-state index is 8.78. The molecule has 1 heterocycles. The third-order valence-corrected chi connectivity index (χ3v) is 2.33. The second kappa shape index (κ2) is 4.62. The SMILES string of the molecule is CCOc1ccc(-c2cc(C#N)c(N)o2)cc1. The van der Waals surface area contributed by atoms with Crippen LogP contribution >= 0.6 is 0 Å². The number of nitrogens with two attached hydrogens (primary N) is 1. The maximum atomic E-state index is 8.78. The van der Waals surface area contributed by atoms with Gasteiger partial charge >= 0.3 is 0 Å². The number of anilines is 1. The van der Waals surface area contributed by atoms with Crippen molar-refractivity contribution in [2.45, 2.75) is 6.92 Å². The summed E-state index contributed by atoms with van der Waals surface area (Å²) in [6, 6.07) is 11.0. The molecular formula is C13H12N2O2. The molecule has 0 aliphatic rings. The van der Waals surface area contributed by atoms with Gasteiger partial charge in [-0.25, -0.2) is 0 Å². The maximum Gasteiger partial charge on any atom is 0.208 e. The lowest BCUT2D eigenvalue weighted by Gasteiger charge is -2.02. The summed E-state index contributed by atoms with van der Waals surface area (Å²) in [6.45, 7) is 2.56. The molecule has 1 aromatic heterocycles. The molecule has 86 valence electrons. The van der Waals surface area contributed by atoms with Crippen LogP contribution in [0.5, 0.6) is 5.75 Å². The molecule has 0 fully saturated rings. The number of ether oxygens (including phenoxy) is 1. The van der Waals surface area contributed by atoms with Crippen molar-refractivity contribution in [2.75, 3.05) is 12.3 Å². The minimum atomic E-state index is 0.149. The van der Waals surface area contributed by atoms with E-state index < -0.39 is 0 Å². The summed E-state index contributed by atoms with van der Waals surface area (Å²) >= 11 is 0. The van der Waals surface area contributed by atoms with Crippen LogP contribution in [0.4, 0.5) is 5.88 Å². The first-order valence-corrected chi connectivity index (χ1v) is 5.27. The molecule has 0 saturated carbocycles. The highest BCUT2D eigenvalue weighted by Gasteiger charge is 2.09. The van der Waals surface area contributed by atoms with Gasteiger partial charge in [0.25, 0.3) is 0 Å². The zero-order chi connectivity index (χ0) is 12.3. The van der Waals surface area contributed by atoms with Gasteiger partial charge in [-0.3, -0.25) is 0 Å². The van der Waals surface area contributed by atoms with Gasteiger partial charge in [-0.05, 0) is 31.2 Å². The van der Waals surface area contributed by atoms with E-state index in [-0.39, 0.29) is 5.88 Å². The fraction of sp³-hybridized carbons (Fsp3) is 0.154. The molecule has 4 nitrogen and oxygen atoms in total. The van der Waals surface area contributed by atoms with Gasteiger partial charge in [0.05, 0.1) is 6.61 Å². The molecular weight excluding hydrogens is 216 g/mol. The van der Waals surface area contributed by atoms with E-state index in [4.69, 9.17) is 20.1 Å². The Bertz CT molecular complexity index is 550. The van der Waals surface area contributed by atoms with Crippen LogP contribution in [0.2, 0.25) is 0 Å². The van der Waals surface area contributed by atoms with Crippen LogP contribution in [0.1, 0.15) is 12.5 Å². The fourth-order valence-corrected chi connectivity index (χ4v) is 1.52. The third kappa shape index (κ3) is 2.23. The van der Waals surface area contributed by atoms with E-state index in [0.29, 0.717) is 17.9 Å². The first-order chi connectivity index (χ1) is 8.24. The molecule has 4 heteroatoms. The first-order valence-electron chi connectivity index (χ1n) is 5.27. The Kier molecular flexibility index (Phi) is 3.01. The Morgan fingerprint density at radius 1 is 1.35 bits per heavy atom. The van der Waals surface area contributed by atoms with Crippen molar-refractivity contribution in [3.05, 3.63) is 35.9 Å².